The standard InChI is InChI=1S/C16H20F3NO/c17-16(18,19)21-15-4-2-1-3-13(15)9-20-10-14(11-5-6-11)12-7-8-12/h1-4,11-12,14,20H,5-10H2. The summed E-state index contributed by atoms with van der Waals surface area (Å²) in [5.74, 6) is 2.28. The largest absolute Gasteiger partial charge is 0.573 e. The Morgan fingerprint density at radius 2 is 1.71 bits per heavy atom. The quantitative estimate of drug-likeness (QED) is 0.818. The highest BCUT2D eigenvalue weighted by molar-refractivity contribution is 5.33. The summed E-state index contributed by atoms with van der Waals surface area (Å²) in [6.45, 7) is 1.32. The molecule has 3 rings (SSSR count). The van der Waals surface area contributed by atoms with Crippen LogP contribution in [0.2, 0.25) is 0 Å². The van der Waals surface area contributed by atoms with E-state index in [2.05, 4.69) is 10.1 Å². The number of para-hydroxylation sites is 1. The SMILES string of the molecule is FC(F)(F)Oc1ccccc1CNCC(C1CC1)C1CC1. The van der Waals surface area contributed by atoms with E-state index in [1.807, 2.05) is 0 Å². The van der Waals surface area contributed by atoms with Crippen molar-refractivity contribution in [3.8, 4) is 5.75 Å². The van der Waals surface area contributed by atoms with Gasteiger partial charge >= 0.3 is 6.36 Å². The first-order chi connectivity index (χ1) is 10.0. The van der Waals surface area contributed by atoms with Crippen LogP contribution in [-0.2, 0) is 6.54 Å². The molecule has 0 aromatic heterocycles. The van der Waals surface area contributed by atoms with Crippen LogP contribution in [-0.4, -0.2) is 12.9 Å². The van der Waals surface area contributed by atoms with Crippen LogP contribution in [0.3, 0.4) is 0 Å². The van der Waals surface area contributed by atoms with E-state index < -0.39 is 6.36 Å². The minimum Gasteiger partial charge on any atom is -0.405 e. The average Bonchev–Trinajstić information content (AvgIpc) is 3.26. The molecule has 116 valence electrons. The van der Waals surface area contributed by atoms with Crippen molar-refractivity contribution in [2.75, 3.05) is 6.54 Å². The van der Waals surface area contributed by atoms with Crippen LogP contribution in [0.25, 0.3) is 0 Å². The Hall–Kier alpha value is -1.23. The zero-order chi connectivity index (χ0) is 14.9. The van der Waals surface area contributed by atoms with Gasteiger partial charge in [-0.3, -0.25) is 0 Å². The topological polar surface area (TPSA) is 21.3 Å². The van der Waals surface area contributed by atoms with E-state index >= 15 is 0 Å². The number of nitrogens with one attached hydrogen (secondary N) is 1. The van der Waals surface area contributed by atoms with Crippen molar-refractivity contribution in [3.05, 3.63) is 29.8 Å². The van der Waals surface area contributed by atoms with Crippen molar-refractivity contribution < 1.29 is 17.9 Å². The second-order valence-corrected chi connectivity index (χ2v) is 6.13. The first-order valence-electron chi connectivity index (χ1n) is 7.57. The summed E-state index contributed by atoms with van der Waals surface area (Å²) in [6.07, 6.45) is 0.626. The number of rotatable bonds is 7. The predicted octanol–water partition coefficient (Wildman–Crippen LogP) is 4.11. The normalized spacial score (nSPS) is 19.0. The zero-order valence-corrected chi connectivity index (χ0v) is 11.8. The fourth-order valence-electron chi connectivity index (χ4n) is 3.01. The molecular weight excluding hydrogens is 279 g/mol. The highest BCUT2D eigenvalue weighted by Crippen LogP contribution is 2.48. The van der Waals surface area contributed by atoms with Gasteiger partial charge in [-0.25, -0.2) is 0 Å². The van der Waals surface area contributed by atoms with Crippen LogP contribution in [0.1, 0.15) is 31.2 Å². The number of alkyl halides is 3. The van der Waals surface area contributed by atoms with Crippen LogP contribution in [0, 0.1) is 17.8 Å². The van der Waals surface area contributed by atoms with E-state index in [0.29, 0.717) is 18.0 Å². The van der Waals surface area contributed by atoms with Crippen molar-refractivity contribution in [1.82, 2.24) is 5.32 Å². The summed E-state index contributed by atoms with van der Waals surface area (Å²) in [6, 6.07) is 6.34. The number of hydrogen-bond acceptors (Lipinski definition) is 2. The summed E-state index contributed by atoms with van der Waals surface area (Å²) < 4.78 is 41.1. The van der Waals surface area contributed by atoms with Crippen LogP contribution >= 0.6 is 0 Å². The maximum atomic E-state index is 12.4. The predicted molar refractivity (Wildman–Crippen MR) is 73.8 cm³/mol. The Kier molecular flexibility index (Phi) is 4.11. The van der Waals surface area contributed by atoms with Crippen LogP contribution in [0.5, 0.6) is 5.75 Å². The third-order valence-electron chi connectivity index (χ3n) is 4.35. The number of halogens is 3. The van der Waals surface area contributed by atoms with Crippen LogP contribution in [0.4, 0.5) is 13.2 Å². The molecule has 0 bridgehead atoms. The minimum atomic E-state index is -4.64. The Labute approximate surface area is 122 Å². The molecular formula is C16H20F3NO. The monoisotopic (exact) mass is 299 g/mol. The second kappa shape index (κ2) is 5.87. The van der Waals surface area contributed by atoms with Gasteiger partial charge in [-0.05, 0) is 56.0 Å². The average molecular weight is 299 g/mol. The van der Waals surface area contributed by atoms with Gasteiger partial charge in [-0.2, -0.15) is 0 Å². The van der Waals surface area contributed by atoms with Crippen molar-refractivity contribution in [2.45, 2.75) is 38.6 Å². The van der Waals surface area contributed by atoms with E-state index in [1.54, 1.807) is 18.2 Å². The number of ether oxygens (including phenoxy) is 1. The van der Waals surface area contributed by atoms with E-state index in [1.165, 1.54) is 31.7 Å². The first kappa shape index (κ1) is 14.7. The van der Waals surface area contributed by atoms with Crippen molar-refractivity contribution >= 4 is 0 Å². The van der Waals surface area contributed by atoms with Gasteiger partial charge in [0.2, 0.25) is 0 Å². The van der Waals surface area contributed by atoms with Gasteiger partial charge in [0.15, 0.2) is 0 Å². The third-order valence-corrected chi connectivity index (χ3v) is 4.35. The summed E-state index contributed by atoms with van der Waals surface area (Å²) in [4.78, 5) is 0. The lowest BCUT2D eigenvalue weighted by molar-refractivity contribution is -0.274. The van der Waals surface area contributed by atoms with E-state index in [-0.39, 0.29) is 5.75 Å². The summed E-state index contributed by atoms with van der Waals surface area (Å²) >= 11 is 0. The fraction of sp³-hybridized carbons (Fsp3) is 0.625. The smallest absolute Gasteiger partial charge is 0.405 e. The Morgan fingerprint density at radius 3 is 2.29 bits per heavy atom. The molecule has 2 nitrogen and oxygen atoms in total. The van der Waals surface area contributed by atoms with Gasteiger partial charge in [0.05, 0.1) is 0 Å². The maximum absolute atomic E-state index is 12.4. The van der Waals surface area contributed by atoms with E-state index in [0.717, 1.165) is 18.4 Å². The lowest BCUT2D eigenvalue weighted by Crippen LogP contribution is -2.26. The number of benzene rings is 1. The molecule has 1 aromatic rings. The van der Waals surface area contributed by atoms with E-state index in [4.69, 9.17) is 0 Å². The molecule has 0 aliphatic heterocycles. The minimum absolute atomic E-state index is 0.105. The Balaban J connectivity index is 1.54. The molecule has 0 radical (unpaired) electrons. The molecule has 2 aliphatic rings. The summed E-state index contributed by atoms with van der Waals surface area (Å²) in [5.41, 5.74) is 0.556. The lowest BCUT2D eigenvalue weighted by Gasteiger charge is -2.17. The van der Waals surface area contributed by atoms with Crippen LogP contribution < -0.4 is 10.1 Å². The molecule has 1 aromatic carbocycles. The van der Waals surface area contributed by atoms with Gasteiger partial charge in [-0.1, -0.05) is 18.2 Å². The molecule has 5 heteroatoms. The van der Waals surface area contributed by atoms with Gasteiger partial charge in [0.25, 0.3) is 0 Å². The highest BCUT2D eigenvalue weighted by Gasteiger charge is 2.40. The number of hydrogen-bond donors (Lipinski definition) is 1. The molecule has 21 heavy (non-hydrogen) atoms. The second-order valence-electron chi connectivity index (χ2n) is 6.13. The summed E-state index contributed by atoms with van der Waals surface area (Å²) in [5, 5.41) is 3.32. The Morgan fingerprint density at radius 1 is 1.10 bits per heavy atom. The van der Waals surface area contributed by atoms with Gasteiger partial charge in [0.1, 0.15) is 5.75 Å². The summed E-state index contributed by atoms with van der Waals surface area (Å²) in [7, 11) is 0. The molecule has 0 atom stereocenters. The maximum Gasteiger partial charge on any atom is 0.573 e. The van der Waals surface area contributed by atoms with Crippen molar-refractivity contribution in [1.29, 1.82) is 0 Å². The van der Waals surface area contributed by atoms with E-state index in [9.17, 15) is 13.2 Å². The molecule has 1 N–H and O–H groups in total. The van der Waals surface area contributed by atoms with Gasteiger partial charge in [-0.15, -0.1) is 13.2 Å². The molecule has 0 spiro atoms. The highest BCUT2D eigenvalue weighted by atomic mass is 19.4. The van der Waals surface area contributed by atoms with Gasteiger partial charge in [0, 0.05) is 12.1 Å². The Bertz CT molecular complexity index is 469. The molecule has 0 heterocycles. The molecule has 0 unspecified atom stereocenters. The molecule has 2 saturated carbocycles. The third kappa shape index (κ3) is 4.37. The van der Waals surface area contributed by atoms with Crippen LogP contribution in [0.15, 0.2) is 24.3 Å². The first-order valence-corrected chi connectivity index (χ1v) is 7.57. The molecule has 0 amide bonds. The fourth-order valence-corrected chi connectivity index (χ4v) is 3.01. The van der Waals surface area contributed by atoms with Crippen molar-refractivity contribution in [3.63, 3.8) is 0 Å². The van der Waals surface area contributed by atoms with Gasteiger partial charge < -0.3 is 10.1 Å². The lowest BCUT2D eigenvalue weighted by atomic mass is 9.98. The molecule has 2 fully saturated rings. The molecule has 2 aliphatic carbocycles. The molecule has 0 saturated heterocycles. The van der Waals surface area contributed by atoms with Crippen molar-refractivity contribution in [2.24, 2.45) is 17.8 Å². The zero-order valence-electron chi connectivity index (χ0n) is 11.8.